The molecule has 0 aromatic heterocycles. The van der Waals surface area contributed by atoms with Crippen molar-refractivity contribution in [3.05, 3.63) is 0 Å². The first-order chi connectivity index (χ1) is 4.34. The van der Waals surface area contributed by atoms with Crippen molar-refractivity contribution in [3.63, 3.8) is 0 Å². The van der Waals surface area contributed by atoms with Crippen molar-refractivity contribution in [1.29, 1.82) is 0 Å². The van der Waals surface area contributed by atoms with Crippen molar-refractivity contribution >= 4 is 18.2 Å². The van der Waals surface area contributed by atoms with Gasteiger partial charge >= 0.3 is 0 Å². The average molecular weight is 145 g/mol. The SMILES string of the molecule is CC1CSCCN1C=O. The Morgan fingerprint density at radius 1 is 1.78 bits per heavy atom. The minimum Gasteiger partial charge on any atom is -0.341 e. The lowest BCUT2D eigenvalue weighted by atomic mass is 10.3. The zero-order valence-electron chi connectivity index (χ0n) is 5.54. The Hall–Kier alpha value is -0.180. The molecule has 52 valence electrons. The third-order valence-electron chi connectivity index (χ3n) is 1.55. The molecule has 0 N–H and O–H groups in total. The highest BCUT2D eigenvalue weighted by Crippen LogP contribution is 2.13. The van der Waals surface area contributed by atoms with E-state index in [9.17, 15) is 4.79 Å². The van der Waals surface area contributed by atoms with Gasteiger partial charge in [0.2, 0.25) is 6.41 Å². The van der Waals surface area contributed by atoms with E-state index < -0.39 is 0 Å². The summed E-state index contributed by atoms with van der Waals surface area (Å²) in [5.41, 5.74) is 0. The molecule has 1 amide bonds. The molecule has 0 spiro atoms. The summed E-state index contributed by atoms with van der Waals surface area (Å²) in [6.45, 7) is 3.01. The van der Waals surface area contributed by atoms with Crippen molar-refractivity contribution in [3.8, 4) is 0 Å². The van der Waals surface area contributed by atoms with Crippen molar-refractivity contribution < 1.29 is 4.79 Å². The molecule has 0 bridgehead atoms. The fraction of sp³-hybridized carbons (Fsp3) is 0.833. The molecule has 1 aliphatic heterocycles. The Morgan fingerprint density at radius 3 is 3.00 bits per heavy atom. The average Bonchev–Trinajstić information content (AvgIpc) is 1.89. The highest BCUT2D eigenvalue weighted by molar-refractivity contribution is 7.99. The minimum atomic E-state index is 0.446. The van der Waals surface area contributed by atoms with Gasteiger partial charge in [0.15, 0.2) is 0 Å². The molecule has 0 aromatic rings. The van der Waals surface area contributed by atoms with Crippen LogP contribution >= 0.6 is 11.8 Å². The lowest BCUT2D eigenvalue weighted by Gasteiger charge is -2.29. The number of thioether (sulfide) groups is 1. The smallest absolute Gasteiger partial charge is 0.209 e. The third-order valence-corrected chi connectivity index (χ3v) is 2.74. The summed E-state index contributed by atoms with van der Waals surface area (Å²) in [5.74, 6) is 2.20. The lowest BCUT2D eigenvalue weighted by molar-refractivity contribution is -0.119. The van der Waals surface area contributed by atoms with Crippen LogP contribution in [0.5, 0.6) is 0 Å². The highest BCUT2D eigenvalue weighted by atomic mass is 32.2. The topological polar surface area (TPSA) is 20.3 Å². The standard InChI is InChI=1S/C6H11NOS/c1-6-4-9-3-2-7(6)5-8/h5-6H,2-4H2,1H3. The van der Waals surface area contributed by atoms with Gasteiger partial charge in [0.05, 0.1) is 0 Å². The van der Waals surface area contributed by atoms with Crippen molar-refractivity contribution in [2.24, 2.45) is 0 Å². The van der Waals surface area contributed by atoms with E-state index in [2.05, 4.69) is 6.92 Å². The second-order valence-electron chi connectivity index (χ2n) is 2.27. The molecule has 1 atom stereocenters. The number of hydrogen-bond donors (Lipinski definition) is 0. The van der Waals surface area contributed by atoms with Crippen molar-refractivity contribution in [1.82, 2.24) is 4.90 Å². The zero-order valence-corrected chi connectivity index (χ0v) is 6.36. The van der Waals surface area contributed by atoms with Crippen LogP contribution in [0.25, 0.3) is 0 Å². The predicted molar refractivity (Wildman–Crippen MR) is 39.6 cm³/mol. The van der Waals surface area contributed by atoms with E-state index in [0.29, 0.717) is 6.04 Å². The van der Waals surface area contributed by atoms with Gasteiger partial charge < -0.3 is 4.90 Å². The van der Waals surface area contributed by atoms with Gasteiger partial charge in [-0.2, -0.15) is 11.8 Å². The van der Waals surface area contributed by atoms with Crippen molar-refractivity contribution in [2.75, 3.05) is 18.1 Å². The maximum Gasteiger partial charge on any atom is 0.209 e. The second kappa shape index (κ2) is 3.11. The zero-order chi connectivity index (χ0) is 6.69. The number of nitrogens with zero attached hydrogens (tertiary/aromatic N) is 1. The van der Waals surface area contributed by atoms with E-state index in [1.807, 2.05) is 16.7 Å². The van der Waals surface area contributed by atoms with Gasteiger partial charge in [-0.3, -0.25) is 4.79 Å². The van der Waals surface area contributed by atoms with E-state index in [4.69, 9.17) is 0 Å². The molecule has 1 saturated heterocycles. The van der Waals surface area contributed by atoms with Gasteiger partial charge in [-0.1, -0.05) is 0 Å². The maximum absolute atomic E-state index is 10.3. The minimum absolute atomic E-state index is 0.446. The molecule has 9 heavy (non-hydrogen) atoms. The van der Waals surface area contributed by atoms with Crippen LogP contribution in [0, 0.1) is 0 Å². The summed E-state index contributed by atoms with van der Waals surface area (Å²) in [6.07, 6.45) is 0.949. The van der Waals surface area contributed by atoms with Gasteiger partial charge in [-0.25, -0.2) is 0 Å². The predicted octanol–water partition coefficient (Wildman–Crippen LogP) is 0.580. The molecule has 1 fully saturated rings. The Kier molecular flexibility index (Phi) is 2.39. The van der Waals surface area contributed by atoms with E-state index >= 15 is 0 Å². The molecule has 3 heteroatoms. The molecule has 0 radical (unpaired) electrons. The summed E-state index contributed by atoms with van der Waals surface area (Å²) >= 11 is 1.92. The first kappa shape index (κ1) is 6.93. The molecule has 0 aromatic carbocycles. The summed E-state index contributed by atoms with van der Waals surface area (Å²) in [6, 6.07) is 0.446. The van der Waals surface area contributed by atoms with Crippen LogP contribution in [-0.2, 0) is 4.79 Å². The summed E-state index contributed by atoms with van der Waals surface area (Å²) in [5, 5.41) is 0. The summed E-state index contributed by atoms with van der Waals surface area (Å²) in [7, 11) is 0. The van der Waals surface area contributed by atoms with Gasteiger partial charge in [0.1, 0.15) is 0 Å². The number of rotatable bonds is 1. The molecule has 1 heterocycles. The van der Waals surface area contributed by atoms with Gasteiger partial charge in [-0.05, 0) is 6.92 Å². The van der Waals surface area contributed by atoms with Gasteiger partial charge in [0, 0.05) is 24.1 Å². The Bertz CT molecular complexity index is 107. The summed E-state index contributed by atoms with van der Waals surface area (Å²) in [4.78, 5) is 12.1. The molecule has 2 nitrogen and oxygen atoms in total. The first-order valence-electron chi connectivity index (χ1n) is 3.13. The van der Waals surface area contributed by atoms with Crippen LogP contribution in [-0.4, -0.2) is 35.4 Å². The van der Waals surface area contributed by atoms with Crippen LogP contribution in [0.4, 0.5) is 0 Å². The van der Waals surface area contributed by atoms with Gasteiger partial charge in [-0.15, -0.1) is 0 Å². The van der Waals surface area contributed by atoms with Crippen LogP contribution in [0.3, 0.4) is 0 Å². The second-order valence-corrected chi connectivity index (χ2v) is 3.42. The number of carbonyl (C=O) groups excluding carboxylic acids is 1. The maximum atomic E-state index is 10.3. The van der Waals surface area contributed by atoms with Crippen molar-refractivity contribution in [2.45, 2.75) is 13.0 Å². The lowest BCUT2D eigenvalue weighted by Crippen LogP contribution is -2.38. The van der Waals surface area contributed by atoms with E-state index in [1.165, 1.54) is 0 Å². The molecule has 0 saturated carbocycles. The van der Waals surface area contributed by atoms with Gasteiger partial charge in [0.25, 0.3) is 0 Å². The van der Waals surface area contributed by atoms with Crippen LogP contribution in [0.1, 0.15) is 6.92 Å². The molecule has 1 aliphatic rings. The fourth-order valence-electron chi connectivity index (χ4n) is 0.897. The Labute approximate surface area is 59.6 Å². The molecule has 1 unspecified atom stereocenters. The summed E-state index contributed by atoms with van der Waals surface area (Å²) < 4.78 is 0. The monoisotopic (exact) mass is 145 g/mol. The van der Waals surface area contributed by atoms with Crippen LogP contribution < -0.4 is 0 Å². The quantitative estimate of drug-likeness (QED) is 0.503. The number of carbonyl (C=O) groups is 1. The normalized spacial score (nSPS) is 28.1. The Balaban J connectivity index is 2.38. The molecular formula is C6H11NOS. The van der Waals surface area contributed by atoms with E-state index in [-0.39, 0.29) is 0 Å². The molecule has 1 rings (SSSR count). The fourth-order valence-corrected chi connectivity index (χ4v) is 1.94. The van der Waals surface area contributed by atoms with E-state index in [1.54, 1.807) is 0 Å². The number of amides is 1. The van der Waals surface area contributed by atoms with E-state index in [0.717, 1.165) is 24.5 Å². The first-order valence-corrected chi connectivity index (χ1v) is 4.29. The Morgan fingerprint density at radius 2 is 2.56 bits per heavy atom. The van der Waals surface area contributed by atoms with Crippen LogP contribution in [0.15, 0.2) is 0 Å². The molecule has 0 aliphatic carbocycles. The third kappa shape index (κ3) is 1.61. The molecular weight excluding hydrogens is 134 g/mol. The number of hydrogen-bond acceptors (Lipinski definition) is 2. The highest BCUT2D eigenvalue weighted by Gasteiger charge is 2.15. The largest absolute Gasteiger partial charge is 0.341 e. The van der Waals surface area contributed by atoms with Crippen LogP contribution in [0.2, 0.25) is 0 Å².